The standard InChI is InChI=1S/C4H9N3O2.C4H7N3O.C4H6N2O2.C3H7NO2.2CH4.H3N.2H2O/c1-7(4(5)6)2-3(8)9;1-7-2-3(8)6-4(7)5;1-6-2-3(7)5-4(6)8;1-4-2-3(5)6;;;;;/h2H2,1H3,(H3,5,6)(H,8,9);2H2,1H3,(H2,5,6,8);2H2,1H3,(H,5,7,8);4H,2H2,1H3,(H,5,6);2*1H4;1H3;2*1H2. The molecule has 2 saturated heterocycles. The van der Waals surface area contributed by atoms with Crippen LogP contribution in [-0.4, -0.2) is 132 Å². The molecule has 0 unspecified atom stereocenters. The lowest BCUT2D eigenvalue weighted by Gasteiger charge is -2.12. The van der Waals surface area contributed by atoms with E-state index < -0.39 is 11.9 Å². The number of carbonyl (C=O) groups excluding carboxylic acids is 3. The summed E-state index contributed by atoms with van der Waals surface area (Å²) in [5, 5.41) is 36.6. The van der Waals surface area contributed by atoms with Gasteiger partial charge in [-0.2, -0.15) is 0 Å². The molecule has 0 aromatic rings. The number of aliphatic carboxylic acids is 2. The first-order valence-electron chi connectivity index (χ1n) is 8.49. The minimum absolute atomic E-state index is 0. The lowest BCUT2D eigenvalue weighted by molar-refractivity contribution is -0.137. The minimum atomic E-state index is -0.993. The summed E-state index contributed by atoms with van der Waals surface area (Å²) in [6, 6.07) is -0.310. The molecular weight excluding hydrogens is 488 g/mol. The number of amides is 4. The molecule has 0 aliphatic carbocycles. The number of hydrogen-bond donors (Lipinski definition) is 9. The third-order valence-electron chi connectivity index (χ3n) is 3.11. The van der Waals surface area contributed by atoms with Crippen molar-refractivity contribution < 1.29 is 45.1 Å². The number of imide groups is 1. The highest BCUT2D eigenvalue weighted by Crippen LogP contribution is 1.90. The fraction of sp³-hybridized carbons (Fsp3) is 0.588. The number of likely N-dealkylation sites (N-methyl/N-ethyl adjacent to an activating group) is 4. The lowest BCUT2D eigenvalue weighted by atomic mass is 10.6. The summed E-state index contributed by atoms with van der Waals surface area (Å²) in [4.78, 5) is 54.5. The van der Waals surface area contributed by atoms with Gasteiger partial charge in [0.25, 0.3) is 0 Å². The van der Waals surface area contributed by atoms with E-state index in [1.54, 1.807) is 26.0 Å². The van der Waals surface area contributed by atoms with E-state index in [-0.39, 0.29) is 81.4 Å². The third-order valence-corrected chi connectivity index (χ3v) is 3.11. The largest absolute Gasteiger partial charge is 0.480 e. The Balaban J connectivity index is -0.0000000600. The predicted octanol–water partition coefficient (Wildman–Crippen LogP) is -3.88. The highest BCUT2D eigenvalue weighted by Gasteiger charge is 2.22. The van der Waals surface area contributed by atoms with Crippen molar-refractivity contribution >= 4 is 41.7 Å². The summed E-state index contributed by atoms with van der Waals surface area (Å²) in [5.41, 5.74) is 4.93. The Labute approximate surface area is 210 Å². The van der Waals surface area contributed by atoms with Gasteiger partial charge in [0.1, 0.15) is 13.1 Å². The van der Waals surface area contributed by atoms with Gasteiger partial charge in [-0.25, -0.2) is 4.79 Å². The van der Waals surface area contributed by atoms with E-state index in [0.717, 1.165) is 4.90 Å². The summed E-state index contributed by atoms with van der Waals surface area (Å²) in [6.45, 7) is 0.326. The molecule has 2 rings (SSSR count). The Hall–Kier alpha value is -4.07. The van der Waals surface area contributed by atoms with Crippen molar-refractivity contribution in [3.8, 4) is 0 Å². The van der Waals surface area contributed by atoms with Crippen LogP contribution >= 0.6 is 0 Å². The summed E-state index contributed by atoms with van der Waals surface area (Å²) < 4.78 is 0. The van der Waals surface area contributed by atoms with Crippen molar-refractivity contribution in [3.05, 3.63) is 0 Å². The SMILES string of the molecule is C.C.CN(CC(=O)O)C(=N)N.CN1CC(=O)NC1=N.CN1CC(=O)NC1=O.CNCC(=O)O.N.O.O. The van der Waals surface area contributed by atoms with Crippen LogP contribution in [0.2, 0.25) is 0 Å². The first kappa shape index (κ1) is 49.1. The average molecular weight is 533 g/mol. The number of nitrogens with zero attached hydrogens (tertiary/aromatic N) is 3. The van der Waals surface area contributed by atoms with Gasteiger partial charge >= 0.3 is 18.0 Å². The molecule has 0 spiro atoms. The van der Waals surface area contributed by atoms with E-state index in [4.69, 9.17) is 26.8 Å². The highest BCUT2D eigenvalue weighted by molar-refractivity contribution is 6.02. The molecule has 36 heavy (non-hydrogen) atoms. The Morgan fingerprint density at radius 1 is 1.03 bits per heavy atom. The van der Waals surface area contributed by atoms with E-state index in [0.29, 0.717) is 6.54 Å². The topological polar surface area (TPSA) is 343 Å². The number of carbonyl (C=O) groups is 5. The Morgan fingerprint density at radius 2 is 1.44 bits per heavy atom. The summed E-state index contributed by atoms with van der Waals surface area (Å²) in [5.74, 6) is -2.19. The van der Waals surface area contributed by atoms with Gasteiger partial charge in [0.15, 0.2) is 11.9 Å². The van der Waals surface area contributed by atoms with E-state index in [9.17, 15) is 24.0 Å². The van der Waals surface area contributed by atoms with Gasteiger partial charge in [-0.1, -0.05) is 14.9 Å². The van der Waals surface area contributed by atoms with Gasteiger partial charge in [-0.3, -0.25) is 40.6 Å². The Bertz CT molecular complexity index is 672. The monoisotopic (exact) mass is 532 g/mol. The van der Waals surface area contributed by atoms with Crippen LogP contribution in [0.15, 0.2) is 0 Å². The molecule has 4 amide bonds. The normalized spacial score (nSPS) is 12.1. The third kappa shape index (κ3) is 26.2. The van der Waals surface area contributed by atoms with E-state index in [1.165, 1.54) is 11.9 Å². The number of nitrogens with two attached hydrogens (primary N) is 1. The van der Waals surface area contributed by atoms with Gasteiger partial charge in [0.2, 0.25) is 11.8 Å². The average Bonchev–Trinajstić information content (AvgIpc) is 3.07. The van der Waals surface area contributed by atoms with E-state index in [1.807, 2.05) is 0 Å². The van der Waals surface area contributed by atoms with Crippen molar-refractivity contribution in [2.24, 2.45) is 5.73 Å². The zero-order chi connectivity index (χ0) is 24.7. The van der Waals surface area contributed by atoms with Gasteiger partial charge in [-0.05, 0) is 7.05 Å². The summed E-state index contributed by atoms with van der Waals surface area (Å²) in [6.07, 6.45) is 0. The Morgan fingerprint density at radius 3 is 1.53 bits per heavy atom. The molecule has 2 aliphatic rings. The molecule has 19 nitrogen and oxygen atoms in total. The zero-order valence-corrected chi connectivity index (χ0v) is 19.4. The number of guanidine groups is 2. The number of urea groups is 1. The van der Waals surface area contributed by atoms with Gasteiger partial charge in [-0.15, -0.1) is 0 Å². The number of hydrogen-bond acceptors (Lipinski definition) is 9. The van der Waals surface area contributed by atoms with Crippen LogP contribution in [-0.2, 0) is 19.2 Å². The molecule has 2 fully saturated rings. The van der Waals surface area contributed by atoms with Crippen molar-refractivity contribution in [3.63, 3.8) is 0 Å². The molecule has 2 aliphatic heterocycles. The fourth-order valence-corrected chi connectivity index (χ4v) is 1.54. The number of carboxylic acid groups (broad SMARTS) is 2. The zero-order valence-electron chi connectivity index (χ0n) is 19.4. The first-order valence-corrected chi connectivity index (χ1v) is 8.49. The molecule has 19 heteroatoms. The molecule has 0 aromatic heterocycles. The van der Waals surface area contributed by atoms with Crippen LogP contribution < -0.4 is 27.8 Å². The maximum Gasteiger partial charge on any atom is 0.324 e. The quantitative estimate of drug-likeness (QED) is 0.0953. The van der Waals surface area contributed by atoms with Gasteiger partial charge in [0, 0.05) is 21.1 Å². The molecule has 16 N–H and O–H groups in total. The molecule has 216 valence electrons. The molecule has 0 bridgehead atoms. The van der Waals surface area contributed by atoms with Crippen molar-refractivity contribution in [1.82, 2.24) is 36.8 Å². The minimum Gasteiger partial charge on any atom is -0.480 e. The van der Waals surface area contributed by atoms with Gasteiger partial charge in [0.05, 0.1) is 13.1 Å². The summed E-state index contributed by atoms with van der Waals surface area (Å²) in [7, 11) is 6.30. The second-order valence-corrected chi connectivity index (χ2v) is 6.02. The maximum absolute atomic E-state index is 10.4. The van der Waals surface area contributed by atoms with Crippen LogP contribution in [0, 0.1) is 10.8 Å². The second-order valence-electron chi connectivity index (χ2n) is 6.02. The molecule has 0 saturated carbocycles. The predicted molar refractivity (Wildman–Crippen MR) is 134 cm³/mol. The van der Waals surface area contributed by atoms with Crippen molar-refractivity contribution in [1.29, 1.82) is 10.8 Å². The van der Waals surface area contributed by atoms with Crippen LogP contribution in [0.3, 0.4) is 0 Å². The molecule has 2 heterocycles. The highest BCUT2D eigenvalue weighted by atomic mass is 16.4. The van der Waals surface area contributed by atoms with Crippen molar-refractivity contribution in [2.45, 2.75) is 14.9 Å². The van der Waals surface area contributed by atoms with Crippen LogP contribution in [0.5, 0.6) is 0 Å². The molecule has 0 atom stereocenters. The van der Waals surface area contributed by atoms with Crippen LogP contribution in [0.4, 0.5) is 4.79 Å². The van der Waals surface area contributed by atoms with Crippen LogP contribution in [0.1, 0.15) is 14.9 Å². The maximum atomic E-state index is 10.4. The van der Waals surface area contributed by atoms with Crippen LogP contribution in [0.25, 0.3) is 0 Å². The van der Waals surface area contributed by atoms with Gasteiger partial charge < -0.3 is 53.1 Å². The van der Waals surface area contributed by atoms with Crippen molar-refractivity contribution in [2.75, 3.05) is 54.4 Å². The number of nitrogens with one attached hydrogen (secondary N) is 5. The number of carboxylic acids is 2. The summed E-state index contributed by atoms with van der Waals surface area (Å²) >= 11 is 0. The molecule has 0 radical (unpaired) electrons. The van der Waals surface area contributed by atoms with E-state index >= 15 is 0 Å². The van der Waals surface area contributed by atoms with E-state index in [2.05, 4.69) is 16.0 Å². The molecular formula is C17H44N10O9. The number of rotatable bonds is 4. The first-order chi connectivity index (χ1) is 14.2. The lowest BCUT2D eigenvalue weighted by Crippen LogP contribution is -2.36. The fourth-order valence-electron chi connectivity index (χ4n) is 1.54. The smallest absolute Gasteiger partial charge is 0.324 e. The molecule has 0 aromatic carbocycles. The Kier molecular flexibility index (Phi) is 34.9. The second kappa shape index (κ2) is 25.6.